The second-order valence-electron chi connectivity index (χ2n) is 8.44. The van der Waals surface area contributed by atoms with Gasteiger partial charge in [0.15, 0.2) is 5.96 Å². The van der Waals surface area contributed by atoms with E-state index in [1.807, 2.05) is 7.05 Å². The van der Waals surface area contributed by atoms with Crippen LogP contribution in [-0.2, 0) is 16.0 Å². The van der Waals surface area contributed by atoms with Crippen molar-refractivity contribution in [3.05, 3.63) is 35.9 Å². The van der Waals surface area contributed by atoms with E-state index in [2.05, 4.69) is 57.8 Å². The van der Waals surface area contributed by atoms with Crippen molar-refractivity contribution >= 4 is 5.96 Å². The molecule has 2 heterocycles. The van der Waals surface area contributed by atoms with E-state index in [9.17, 15) is 0 Å². The maximum atomic E-state index is 6.11. The monoisotopic (exact) mass is 402 g/mol. The molecule has 2 saturated heterocycles. The fourth-order valence-electron chi connectivity index (χ4n) is 4.07. The molecule has 0 radical (unpaired) electrons. The summed E-state index contributed by atoms with van der Waals surface area (Å²) in [5.74, 6) is 0.843. The number of benzene rings is 1. The molecule has 1 atom stereocenters. The Morgan fingerprint density at radius 2 is 2.03 bits per heavy atom. The zero-order chi connectivity index (χ0) is 20.4. The summed E-state index contributed by atoms with van der Waals surface area (Å²) in [5.41, 5.74) is 1.34. The number of ether oxygens (including phenoxy) is 2. The first-order chi connectivity index (χ1) is 14.2. The van der Waals surface area contributed by atoms with Crippen molar-refractivity contribution in [2.75, 3.05) is 46.4 Å². The molecule has 29 heavy (non-hydrogen) atoms. The van der Waals surface area contributed by atoms with Gasteiger partial charge in [-0.1, -0.05) is 30.3 Å². The second-order valence-corrected chi connectivity index (χ2v) is 8.44. The summed E-state index contributed by atoms with van der Waals surface area (Å²) in [5, 5.41) is 6.76. The molecule has 2 aliphatic rings. The molecule has 2 N–H and O–H groups in total. The van der Waals surface area contributed by atoms with Crippen LogP contribution in [0, 0.1) is 0 Å². The van der Waals surface area contributed by atoms with Crippen LogP contribution in [0.5, 0.6) is 0 Å². The molecule has 0 aliphatic carbocycles. The molecule has 3 rings (SSSR count). The highest BCUT2D eigenvalue weighted by molar-refractivity contribution is 5.79. The molecule has 0 saturated carbocycles. The van der Waals surface area contributed by atoms with E-state index >= 15 is 0 Å². The Morgan fingerprint density at radius 1 is 1.24 bits per heavy atom. The van der Waals surface area contributed by atoms with Crippen LogP contribution in [-0.4, -0.2) is 69.0 Å². The summed E-state index contributed by atoms with van der Waals surface area (Å²) in [4.78, 5) is 6.83. The lowest BCUT2D eigenvalue weighted by Gasteiger charge is -2.32. The average molecular weight is 403 g/mol. The van der Waals surface area contributed by atoms with Crippen LogP contribution >= 0.6 is 0 Å². The van der Waals surface area contributed by atoms with Crippen molar-refractivity contribution < 1.29 is 9.47 Å². The molecule has 1 aromatic rings. The molecule has 0 aromatic heterocycles. The van der Waals surface area contributed by atoms with Crippen molar-refractivity contribution in [2.24, 2.45) is 4.99 Å². The van der Waals surface area contributed by atoms with E-state index in [0.29, 0.717) is 6.10 Å². The van der Waals surface area contributed by atoms with Gasteiger partial charge in [0.05, 0.1) is 11.7 Å². The molecular formula is C23H38N4O2. The maximum absolute atomic E-state index is 6.11. The number of likely N-dealkylation sites (tertiary alicyclic amines) is 1. The summed E-state index contributed by atoms with van der Waals surface area (Å²) in [6.07, 6.45) is 5.89. The van der Waals surface area contributed by atoms with Gasteiger partial charge in [0.2, 0.25) is 0 Å². The standard InChI is InChI=1S/C23H38N4O2/c1-23(12-6-17-29-23)19-26-22(24-2)25-13-7-16-28-21-10-14-27(15-11-21)18-20-8-4-3-5-9-20/h3-5,8-9,21H,6-7,10-19H2,1-2H3,(H2,24,25,26). The van der Waals surface area contributed by atoms with Crippen molar-refractivity contribution in [3.8, 4) is 0 Å². The number of nitrogens with zero attached hydrogens (tertiary/aromatic N) is 2. The molecule has 162 valence electrons. The van der Waals surface area contributed by atoms with Gasteiger partial charge in [-0.3, -0.25) is 9.89 Å². The highest BCUT2D eigenvalue weighted by atomic mass is 16.5. The van der Waals surface area contributed by atoms with Crippen molar-refractivity contribution in [1.82, 2.24) is 15.5 Å². The number of rotatable bonds is 9. The van der Waals surface area contributed by atoms with E-state index in [1.165, 1.54) is 5.56 Å². The maximum Gasteiger partial charge on any atom is 0.191 e. The molecule has 0 spiro atoms. The normalized spacial score (nSPS) is 24.0. The third-order valence-electron chi connectivity index (χ3n) is 5.90. The molecule has 2 fully saturated rings. The molecule has 0 amide bonds. The van der Waals surface area contributed by atoms with Gasteiger partial charge in [0, 0.05) is 53.0 Å². The van der Waals surface area contributed by atoms with Crippen LogP contribution in [0.4, 0.5) is 0 Å². The first kappa shape index (κ1) is 22.1. The highest BCUT2D eigenvalue weighted by Gasteiger charge is 2.29. The fourth-order valence-corrected chi connectivity index (χ4v) is 4.07. The smallest absolute Gasteiger partial charge is 0.191 e. The van der Waals surface area contributed by atoms with Crippen molar-refractivity contribution in [3.63, 3.8) is 0 Å². The Balaban J connectivity index is 1.22. The van der Waals surface area contributed by atoms with Crippen molar-refractivity contribution in [2.45, 2.75) is 57.3 Å². The Kier molecular flexibility index (Phi) is 8.77. The zero-order valence-corrected chi connectivity index (χ0v) is 18.2. The number of guanidine groups is 1. The minimum atomic E-state index is -0.0594. The van der Waals surface area contributed by atoms with Gasteiger partial charge in [-0.05, 0) is 44.6 Å². The SMILES string of the molecule is CN=C(NCCCOC1CCN(Cc2ccccc2)CC1)NCC1(C)CCCO1. The van der Waals surface area contributed by atoms with Crippen LogP contribution in [0.2, 0.25) is 0 Å². The number of piperidine rings is 1. The van der Waals surface area contributed by atoms with Crippen LogP contribution in [0.3, 0.4) is 0 Å². The summed E-state index contributed by atoms with van der Waals surface area (Å²) in [6, 6.07) is 10.7. The number of aliphatic imine (C=N–C) groups is 1. The first-order valence-corrected chi connectivity index (χ1v) is 11.1. The molecule has 1 aromatic carbocycles. The second kappa shape index (κ2) is 11.5. The number of hydrogen-bond acceptors (Lipinski definition) is 4. The first-order valence-electron chi connectivity index (χ1n) is 11.1. The predicted molar refractivity (Wildman–Crippen MR) is 118 cm³/mol. The lowest BCUT2D eigenvalue weighted by atomic mass is 10.0. The Bertz CT molecular complexity index is 609. The van der Waals surface area contributed by atoms with E-state index in [1.54, 1.807) is 0 Å². The van der Waals surface area contributed by atoms with E-state index in [-0.39, 0.29) is 5.60 Å². The van der Waals surface area contributed by atoms with Gasteiger partial charge >= 0.3 is 0 Å². The van der Waals surface area contributed by atoms with Gasteiger partial charge < -0.3 is 20.1 Å². The van der Waals surface area contributed by atoms with E-state index in [4.69, 9.17) is 9.47 Å². The topological polar surface area (TPSA) is 58.1 Å². The van der Waals surface area contributed by atoms with Gasteiger partial charge in [0.25, 0.3) is 0 Å². The third-order valence-corrected chi connectivity index (χ3v) is 5.90. The molecule has 1 unspecified atom stereocenters. The van der Waals surface area contributed by atoms with Crippen LogP contribution in [0.25, 0.3) is 0 Å². The predicted octanol–water partition coefficient (Wildman–Crippen LogP) is 2.79. The van der Waals surface area contributed by atoms with Crippen LogP contribution in [0.15, 0.2) is 35.3 Å². The van der Waals surface area contributed by atoms with Gasteiger partial charge in [-0.2, -0.15) is 0 Å². The van der Waals surface area contributed by atoms with E-state index in [0.717, 1.165) is 84.0 Å². The molecule has 6 heteroatoms. The molecule has 0 bridgehead atoms. The Labute approximate surface area is 176 Å². The summed E-state index contributed by atoms with van der Waals surface area (Å²) in [6.45, 7) is 8.78. The molecule has 6 nitrogen and oxygen atoms in total. The summed E-state index contributed by atoms with van der Waals surface area (Å²) in [7, 11) is 1.81. The molecular weight excluding hydrogens is 364 g/mol. The van der Waals surface area contributed by atoms with Gasteiger partial charge in [0.1, 0.15) is 0 Å². The molecule has 2 aliphatic heterocycles. The third kappa shape index (κ3) is 7.61. The summed E-state index contributed by atoms with van der Waals surface area (Å²) >= 11 is 0. The Hall–Kier alpha value is -1.63. The van der Waals surface area contributed by atoms with Crippen molar-refractivity contribution in [1.29, 1.82) is 0 Å². The van der Waals surface area contributed by atoms with Crippen LogP contribution < -0.4 is 10.6 Å². The largest absolute Gasteiger partial charge is 0.378 e. The minimum Gasteiger partial charge on any atom is -0.378 e. The Morgan fingerprint density at radius 3 is 2.72 bits per heavy atom. The highest BCUT2D eigenvalue weighted by Crippen LogP contribution is 2.23. The summed E-state index contributed by atoms with van der Waals surface area (Å²) < 4.78 is 11.9. The zero-order valence-electron chi connectivity index (χ0n) is 18.2. The lowest BCUT2D eigenvalue weighted by molar-refractivity contribution is 0.00529. The number of hydrogen-bond donors (Lipinski definition) is 2. The number of nitrogens with one attached hydrogen (secondary N) is 2. The van der Waals surface area contributed by atoms with Crippen LogP contribution in [0.1, 0.15) is 44.6 Å². The lowest BCUT2D eigenvalue weighted by Crippen LogP contribution is -2.45. The van der Waals surface area contributed by atoms with Gasteiger partial charge in [-0.25, -0.2) is 0 Å². The quantitative estimate of drug-likeness (QED) is 0.378. The van der Waals surface area contributed by atoms with E-state index < -0.39 is 0 Å². The fraction of sp³-hybridized carbons (Fsp3) is 0.696. The van der Waals surface area contributed by atoms with Gasteiger partial charge in [-0.15, -0.1) is 0 Å². The average Bonchev–Trinajstić information content (AvgIpc) is 3.19. The minimum absolute atomic E-state index is 0.0594.